The molecule has 0 saturated carbocycles. The number of rotatable bonds is 8. The van der Waals surface area contributed by atoms with Crippen molar-refractivity contribution in [3.8, 4) is 22.1 Å². The van der Waals surface area contributed by atoms with E-state index in [9.17, 15) is 4.79 Å². The minimum absolute atomic E-state index is 0.0665. The lowest BCUT2D eigenvalue weighted by Crippen LogP contribution is -2.09. The molecule has 2 aromatic carbocycles. The van der Waals surface area contributed by atoms with Gasteiger partial charge in [0.25, 0.3) is 0 Å². The van der Waals surface area contributed by atoms with Gasteiger partial charge in [0.15, 0.2) is 0 Å². The summed E-state index contributed by atoms with van der Waals surface area (Å²) in [6.07, 6.45) is -0.0665. The number of aromatic nitrogens is 1. The molecule has 134 valence electrons. The van der Waals surface area contributed by atoms with Crippen molar-refractivity contribution in [3.63, 3.8) is 0 Å². The summed E-state index contributed by atoms with van der Waals surface area (Å²) in [5, 5.41) is 11.4. The fourth-order valence-corrected chi connectivity index (χ4v) is 3.24. The maximum Gasteiger partial charge on any atom is 0.309 e. The highest BCUT2D eigenvalue weighted by Gasteiger charge is 2.08. The maximum absolute atomic E-state index is 10.8. The Balaban J connectivity index is 1.55. The van der Waals surface area contributed by atoms with Crippen LogP contribution < -0.4 is 9.47 Å². The Morgan fingerprint density at radius 3 is 2.46 bits per heavy atom. The van der Waals surface area contributed by atoms with Gasteiger partial charge in [-0.1, -0.05) is 24.3 Å². The number of ether oxygens (including phenoxy) is 2. The van der Waals surface area contributed by atoms with E-state index in [-0.39, 0.29) is 6.42 Å². The van der Waals surface area contributed by atoms with E-state index in [1.807, 2.05) is 55.5 Å². The van der Waals surface area contributed by atoms with Crippen LogP contribution in [0.2, 0.25) is 0 Å². The van der Waals surface area contributed by atoms with Crippen molar-refractivity contribution in [1.29, 1.82) is 0 Å². The lowest BCUT2D eigenvalue weighted by Gasteiger charge is -2.09. The van der Waals surface area contributed by atoms with E-state index < -0.39 is 5.97 Å². The van der Waals surface area contributed by atoms with Gasteiger partial charge >= 0.3 is 5.97 Å². The molecular weight excluding hydrogens is 350 g/mol. The van der Waals surface area contributed by atoms with Crippen LogP contribution in [0.25, 0.3) is 10.6 Å². The molecule has 0 aliphatic carbocycles. The number of benzene rings is 2. The van der Waals surface area contributed by atoms with Gasteiger partial charge in [-0.25, -0.2) is 4.98 Å². The average Bonchev–Trinajstić information content (AvgIpc) is 3.07. The highest BCUT2D eigenvalue weighted by Crippen LogP contribution is 2.27. The van der Waals surface area contributed by atoms with Gasteiger partial charge in [0.2, 0.25) is 0 Å². The zero-order chi connectivity index (χ0) is 18.4. The van der Waals surface area contributed by atoms with E-state index in [0.29, 0.717) is 18.9 Å². The van der Waals surface area contributed by atoms with Crippen LogP contribution in [0, 0.1) is 6.92 Å². The second kappa shape index (κ2) is 8.49. The Kier molecular flexibility index (Phi) is 5.86. The Morgan fingerprint density at radius 1 is 1.08 bits per heavy atom. The fraction of sp³-hybridized carbons (Fsp3) is 0.200. The molecule has 0 spiro atoms. The molecule has 0 aliphatic rings. The fourth-order valence-electron chi connectivity index (χ4n) is 2.42. The number of aryl methyl sites for hydroxylation is 1. The first kappa shape index (κ1) is 17.9. The quantitative estimate of drug-likeness (QED) is 0.603. The molecule has 1 N–H and O–H groups in total. The number of carboxylic acids is 1. The third-order valence-electron chi connectivity index (χ3n) is 3.58. The summed E-state index contributed by atoms with van der Waals surface area (Å²) < 4.78 is 11.4. The Labute approximate surface area is 155 Å². The van der Waals surface area contributed by atoms with Crippen molar-refractivity contribution < 1.29 is 19.4 Å². The van der Waals surface area contributed by atoms with Gasteiger partial charge < -0.3 is 14.6 Å². The molecule has 0 saturated heterocycles. The zero-order valence-corrected chi connectivity index (χ0v) is 15.2. The summed E-state index contributed by atoms with van der Waals surface area (Å²) in [4.78, 5) is 15.1. The predicted octanol–water partition coefficient (Wildman–Crippen LogP) is 4.20. The number of hydrogen-bond donors (Lipinski definition) is 1. The van der Waals surface area contributed by atoms with Crippen LogP contribution in [0.15, 0.2) is 53.9 Å². The van der Waals surface area contributed by atoms with Crippen LogP contribution >= 0.6 is 11.3 Å². The molecule has 0 radical (unpaired) electrons. The average molecular weight is 369 g/mol. The van der Waals surface area contributed by atoms with Crippen LogP contribution in [-0.2, 0) is 11.2 Å². The predicted molar refractivity (Wildman–Crippen MR) is 101 cm³/mol. The number of thiazole rings is 1. The molecule has 6 heteroatoms. The van der Waals surface area contributed by atoms with Gasteiger partial charge in [-0.05, 0) is 36.8 Å². The largest absolute Gasteiger partial charge is 0.490 e. The second-order valence-corrected chi connectivity index (χ2v) is 6.61. The highest BCUT2D eigenvalue weighted by atomic mass is 32.1. The molecule has 0 fully saturated rings. The van der Waals surface area contributed by atoms with E-state index in [0.717, 1.165) is 27.6 Å². The van der Waals surface area contributed by atoms with Crippen molar-refractivity contribution in [2.24, 2.45) is 0 Å². The maximum atomic E-state index is 10.8. The molecule has 1 aromatic heterocycles. The van der Waals surface area contributed by atoms with Crippen molar-refractivity contribution in [1.82, 2.24) is 4.98 Å². The minimum Gasteiger partial charge on any atom is -0.490 e. The number of aliphatic carboxylic acids is 1. The lowest BCUT2D eigenvalue weighted by atomic mass is 10.2. The SMILES string of the molecule is Cc1cccc(OCCOc2cccc(-c3nc(CC(=O)O)cs3)c2)c1. The smallest absolute Gasteiger partial charge is 0.309 e. The van der Waals surface area contributed by atoms with Gasteiger partial charge in [0.05, 0.1) is 12.1 Å². The third-order valence-corrected chi connectivity index (χ3v) is 4.52. The number of nitrogens with zero attached hydrogens (tertiary/aromatic N) is 1. The zero-order valence-electron chi connectivity index (χ0n) is 14.3. The van der Waals surface area contributed by atoms with Crippen LogP contribution in [0.3, 0.4) is 0 Å². The van der Waals surface area contributed by atoms with E-state index in [1.165, 1.54) is 11.3 Å². The Morgan fingerprint density at radius 2 is 1.77 bits per heavy atom. The minimum atomic E-state index is -0.882. The van der Waals surface area contributed by atoms with Gasteiger partial charge in [-0.3, -0.25) is 4.79 Å². The standard InChI is InChI=1S/C20H19NO4S/c1-14-4-2-6-17(10-14)24-8-9-25-18-7-3-5-15(11-18)20-21-16(13-26-20)12-19(22)23/h2-7,10-11,13H,8-9,12H2,1H3,(H,22,23). The van der Waals surface area contributed by atoms with E-state index in [4.69, 9.17) is 14.6 Å². The van der Waals surface area contributed by atoms with Crippen LogP contribution in [0.4, 0.5) is 0 Å². The number of hydrogen-bond acceptors (Lipinski definition) is 5. The molecule has 0 unspecified atom stereocenters. The van der Waals surface area contributed by atoms with Crippen molar-refractivity contribution in [2.45, 2.75) is 13.3 Å². The van der Waals surface area contributed by atoms with Gasteiger partial charge in [0.1, 0.15) is 29.7 Å². The molecule has 3 aromatic rings. The number of carboxylic acid groups (broad SMARTS) is 1. The lowest BCUT2D eigenvalue weighted by molar-refractivity contribution is -0.136. The second-order valence-electron chi connectivity index (χ2n) is 5.76. The number of carbonyl (C=O) groups is 1. The molecule has 0 aliphatic heterocycles. The Bertz CT molecular complexity index is 891. The van der Waals surface area contributed by atoms with Gasteiger partial charge in [-0.15, -0.1) is 11.3 Å². The third kappa shape index (κ3) is 5.07. The molecule has 5 nitrogen and oxygen atoms in total. The van der Waals surface area contributed by atoms with Crippen molar-refractivity contribution in [2.75, 3.05) is 13.2 Å². The molecule has 0 amide bonds. The van der Waals surface area contributed by atoms with Gasteiger partial charge in [0, 0.05) is 10.9 Å². The first-order valence-corrected chi connectivity index (χ1v) is 9.07. The molecule has 1 heterocycles. The first-order chi connectivity index (χ1) is 12.6. The summed E-state index contributed by atoms with van der Waals surface area (Å²) in [5.74, 6) is 0.675. The summed E-state index contributed by atoms with van der Waals surface area (Å²) in [5.41, 5.74) is 2.63. The summed E-state index contributed by atoms with van der Waals surface area (Å²) >= 11 is 1.43. The van der Waals surface area contributed by atoms with E-state index >= 15 is 0 Å². The molecule has 0 bridgehead atoms. The normalized spacial score (nSPS) is 10.5. The van der Waals surface area contributed by atoms with Crippen molar-refractivity contribution >= 4 is 17.3 Å². The summed E-state index contributed by atoms with van der Waals surface area (Å²) in [6.45, 7) is 2.91. The van der Waals surface area contributed by atoms with Crippen molar-refractivity contribution in [3.05, 3.63) is 65.2 Å². The van der Waals surface area contributed by atoms with E-state index in [1.54, 1.807) is 5.38 Å². The van der Waals surface area contributed by atoms with Crippen LogP contribution in [-0.4, -0.2) is 29.3 Å². The molecule has 26 heavy (non-hydrogen) atoms. The Hall–Kier alpha value is -2.86. The van der Waals surface area contributed by atoms with Crippen LogP contribution in [0.1, 0.15) is 11.3 Å². The summed E-state index contributed by atoms with van der Waals surface area (Å²) in [6, 6.07) is 15.5. The molecular formula is C20H19NO4S. The molecule has 3 rings (SSSR count). The topological polar surface area (TPSA) is 68.7 Å². The van der Waals surface area contributed by atoms with Gasteiger partial charge in [-0.2, -0.15) is 0 Å². The van der Waals surface area contributed by atoms with Crippen LogP contribution in [0.5, 0.6) is 11.5 Å². The van der Waals surface area contributed by atoms with E-state index in [2.05, 4.69) is 4.98 Å². The monoisotopic (exact) mass is 369 g/mol. The summed E-state index contributed by atoms with van der Waals surface area (Å²) in [7, 11) is 0. The highest BCUT2D eigenvalue weighted by molar-refractivity contribution is 7.13. The molecule has 0 atom stereocenters. The first-order valence-electron chi connectivity index (χ1n) is 8.19.